The lowest BCUT2D eigenvalue weighted by Gasteiger charge is -2.26. The summed E-state index contributed by atoms with van der Waals surface area (Å²) >= 11 is 0. The maximum absolute atomic E-state index is 5.91. The quantitative estimate of drug-likeness (QED) is 0.853. The van der Waals surface area contributed by atoms with Gasteiger partial charge in [0.25, 0.3) is 0 Å². The van der Waals surface area contributed by atoms with Crippen LogP contribution in [0.15, 0.2) is 12.4 Å². The molecule has 0 radical (unpaired) electrons. The highest BCUT2D eigenvalue weighted by Gasteiger charge is 2.22. The normalized spacial score (nSPS) is 20.2. The lowest BCUT2D eigenvalue weighted by molar-refractivity contribution is 0.314. The van der Waals surface area contributed by atoms with E-state index < -0.39 is 0 Å². The van der Waals surface area contributed by atoms with Crippen LogP contribution in [-0.4, -0.2) is 57.7 Å². The molecule has 7 heteroatoms. The van der Waals surface area contributed by atoms with Gasteiger partial charge in [-0.3, -0.25) is 4.40 Å². The molecule has 1 atom stereocenters. The Morgan fingerprint density at radius 1 is 1.53 bits per heavy atom. The minimum Gasteiger partial charge on any atom is -0.369 e. The molecule has 2 aromatic heterocycles. The van der Waals surface area contributed by atoms with Crippen LogP contribution in [0.4, 0.5) is 11.8 Å². The van der Waals surface area contributed by atoms with E-state index in [1.807, 2.05) is 13.1 Å². The molecular formula is C12H19N7. The van der Waals surface area contributed by atoms with Crippen LogP contribution in [-0.2, 0) is 0 Å². The van der Waals surface area contributed by atoms with E-state index in [1.165, 1.54) is 19.4 Å². The van der Waals surface area contributed by atoms with Gasteiger partial charge in [-0.25, -0.2) is 0 Å². The Balaban J connectivity index is 1.82. The van der Waals surface area contributed by atoms with Crippen LogP contribution >= 0.6 is 0 Å². The Bertz CT molecular complexity index is 578. The third-order valence-corrected chi connectivity index (χ3v) is 3.86. The van der Waals surface area contributed by atoms with Gasteiger partial charge in [0.15, 0.2) is 5.65 Å². The van der Waals surface area contributed by atoms with Gasteiger partial charge in [0.1, 0.15) is 12.1 Å². The molecule has 1 aliphatic heterocycles. The molecule has 1 aliphatic rings. The summed E-state index contributed by atoms with van der Waals surface area (Å²) in [6, 6.07) is 2.50. The fourth-order valence-electron chi connectivity index (χ4n) is 2.65. The topological polar surface area (TPSA) is 75.6 Å². The van der Waals surface area contributed by atoms with E-state index in [4.69, 9.17) is 5.73 Å². The Morgan fingerprint density at radius 2 is 2.37 bits per heavy atom. The predicted molar refractivity (Wildman–Crippen MR) is 74.1 cm³/mol. The zero-order chi connectivity index (χ0) is 13.4. The van der Waals surface area contributed by atoms with E-state index in [-0.39, 0.29) is 0 Å². The fourth-order valence-corrected chi connectivity index (χ4v) is 2.65. The van der Waals surface area contributed by atoms with Crippen molar-refractivity contribution in [2.45, 2.75) is 18.9 Å². The van der Waals surface area contributed by atoms with Gasteiger partial charge in [0.2, 0.25) is 5.95 Å². The minimum absolute atomic E-state index is 0.420. The second-order valence-corrected chi connectivity index (χ2v) is 5.19. The van der Waals surface area contributed by atoms with Crippen molar-refractivity contribution in [1.29, 1.82) is 0 Å². The van der Waals surface area contributed by atoms with Crippen LogP contribution < -0.4 is 10.6 Å². The van der Waals surface area contributed by atoms with E-state index in [1.54, 1.807) is 10.7 Å². The monoisotopic (exact) mass is 261 g/mol. The molecule has 0 saturated carbocycles. The van der Waals surface area contributed by atoms with Crippen LogP contribution in [0.5, 0.6) is 0 Å². The minimum atomic E-state index is 0.420. The van der Waals surface area contributed by atoms with Crippen molar-refractivity contribution in [3.8, 4) is 0 Å². The first kappa shape index (κ1) is 12.2. The van der Waals surface area contributed by atoms with Crippen LogP contribution in [0, 0.1) is 0 Å². The number of hydrogen-bond acceptors (Lipinski definition) is 6. The predicted octanol–water partition coefficient (Wildman–Crippen LogP) is 0.237. The molecule has 102 valence electrons. The number of nitrogen functional groups attached to an aromatic ring is 1. The first-order chi connectivity index (χ1) is 9.15. The largest absolute Gasteiger partial charge is 0.369 e. The molecule has 2 N–H and O–H groups in total. The van der Waals surface area contributed by atoms with Gasteiger partial charge in [0.05, 0.1) is 0 Å². The first-order valence-electron chi connectivity index (χ1n) is 6.53. The number of likely N-dealkylation sites (tertiary alicyclic amines) is 1. The lowest BCUT2D eigenvalue weighted by Crippen LogP contribution is -2.37. The summed E-state index contributed by atoms with van der Waals surface area (Å²) in [5.74, 6) is 1.27. The molecule has 0 aliphatic carbocycles. The molecule has 1 fully saturated rings. The number of likely N-dealkylation sites (N-methyl/N-ethyl adjacent to an activating group) is 2. The lowest BCUT2D eigenvalue weighted by atomic mass is 10.2. The van der Waals surface area contributed by atoms with E-state index in [2.05, 4.69) is 32.0 Å². The standard InChI is InChI=1S/C12H19N7/c1-17-5-3-4-9(17)7-18(2)10-6-11-16-14-8-19(11)12(13)15-10/h6,8-9H,3-5,7H2,1-2H3,(H2,13,15). The third kappa shape index (κ3) is 2.21. The van der Waals surface area contributed by atoms with Crippen molar-refractivity contribution < 1.29 is 0 Å². The first-order valence-corrected chi connectivity index (χ1v) is 6.53. The Hall–Kier alpha value is -1.89. The van der Waals surface area contributed by atoms with E-state index >= 15 is 0 Å². The molecule has 0 amide bonds. The van der Waals surface area contributed by atoms with Crippen molar-refractivity contribution in [2.24, 2.45) is 0 Å². The van der Waals surface area contributed by atoms with Crippen LogP contribution in [0.25, 0.3) is 5.65 Å². The highest BCUT2D eigenvalue weighted by atomic mass is 15.3. The molecule has 19 heavy (non-hydrogen) atoms. The van der Waals surface area contributed by atoms with Crippen molar-refractivity contribution in [1.82, 2.24) is 24.5 Å². The molecule has 3 heterocycles. The number of anilines is 2. The Kier molecular flexibility index (Phi) is 2.98. The van der Waals surface area contributed by atoms with E-state index in [9.17, 15) is 0 Å². The molecule has 0 bridgehead atoms. The van der Waals surface area contributed by atoms with Crippen molar-refractivity contribution in [3.63, 3.8) is 0 Å². The molecule has 0 spiro atoms. The number of aromatic nitrogens is 4. The van der Waals surface area contributed by atoms with Gasteiger partial charge < -0.3 is 15.5 Å². The molecule has 3 rings (SSSR count). The number of fused-ring (bicyclic) bond motifs is 1. The van der Waals surface area contributed by atoms with Crippen LogP contribution in [0.2, 0.25) is 0 Å². The zero-order valence-corrected chi connectivity index (χ0v) is 11.3. The molecule has 1 unspecified atom stereocenters. The summed E-state index contributed by atoms with van der Waals surface area (Å²) in [5.41, 5.74) is 6.64. The highest BCUT2D eigenvalue weighted by molar-refractivity contribution is 5.54. The maximum atomic E-state index is 5.91. The van der Waals surface area contributed by atoms with Gasteiger partial charge >= 0.3 is 0 Å². The number of nitrogens with zero attached hydrogens (tertiary/aromatic N) is 6. The molecule has 2 aromatic rings. The number of nitrogens with two attached hydrogens (primary N) is 1. The average molecular weight is 261 g/mol. The number of hydrogen-bond donors (Lipinski definition) is 1. The second-order valence-electron chi connectivity index (χ2n) is 5.19. The van der Waals surface area contributed by atoms with Crippen LogP contribution in [0.1, 0.15) is 12.8 Å². The van der Waals surface area contributed by atoms with Crippen LogP contribution in [0.3, 0.4) is 0 Å². The molecule has 0 aromatic carbocycles. The molecular weight excluding hydrogens is 242 g/mol. The Labute approximate surface area is 112 Å². The van der Waals surface area contributed by atoms with Gasteiger partial charge in [-0.2, -0.15) is 4.98 Å². The summed E-state index contributed by atoms with van der Waals surface area (Å²) in [7, 11) is 4.22. The van der Waals surface area contributed by atoms with Crippen molar-refractivity contribution in [3.05, 3.63) is 12.4 Å². The average Bonchev–Trinajstić information content (AvgIpc) is 2.99. The molecule has 1 saturated heterocycles. The Morgan fingerprint density at radius 3 is 3.11 bits per heavy atom. The molecule has 7 nitrogen and oxygen atoms in total. The summed E-state index contributed by atoms with van der Waals surface area (Å²) in [6.45, 7) is 2.13. The zero-order valence-electron chi connectivity index (χ0n) is 11.3. The van der Waals surface area contributed by atoms with E-state index in [0.717, 1.165) is 18.0 Å². The second kappa shape index (κ2) is 4.65. The summed E-state index contributed by atoms with van der Waals surface area (Å²) in [4.78, 5) is 8.94. The summed E-state index contributed by atoms with van der Waals surface area (Å²) in [6.07, 6.45) is 4.09. The summed E-state index contributed by atoms with van der Waals surface area (Å²) < 4.78 is 1.68. The van der Waals surface area contributed by atoms with E-state index in [0.29, 0.717) is 12.0 Å². The highest BCUT2D eigenvalue weighted by Crippen LogP contribution is 2.19. The maximum Gasteiger partial charge on any atom is 0.209 e. The van der Waals surface area contributed by atoms with Gasteiger partial charge in [0, 0.05) is 25.7 Å². The van der Waals surface area contributed by atoms with Crippen molar-refractivity contribution in [2.75, 3.05) is 37.8 Å². The fraction of sp³-hybridized carbons (Fsp3) is 0.583. The summed E-state index contributed by atoms with van der Waals surface area (Å²) in [5, 5.41) is 7.87. The third-order valence-electron chi connectivity index (χ3n) is 3.86. The smallest absolute Gasteiger partial charge is 0.209 e. The van der Waals surface area contributed by atoms with Crippen molar-refractivity contribution >= 4 is 17.4 Å². The van der Waals surface area contributed by atoms with Gasteiger partial charge in [-0.1, -0.05) is 0 Å². The van der Waals surface area contributed by atoms with Gasteiger partial charge in [-0.15, -0.1) is 10.2 Å². The van der Waals surface area contributed by atoms with Gasteiger partial charge in [-0.05, 0) is 26.4 Å². The SMILES string of the molecule is CN(CC1CCCN1C)c1cc2nncn2c(N)n1. The number of rotatable bonds is 3.